The van der Waals surface area contributed by atoms with Crippen LogP contribution in [-0.4, -0.2) is 46.4 Å². The molecule has 0 unspecified atom stereocenters. The minimum absolute atomic E-state index is 0. The maximum Gasteiger partial charge on any atom is 0.261 e. The second-order valence-corrected chi connectivity index (χ2v) is 7.53. The van der Waals surface area contributed by atoms with E-state index in [0.717, 1.165) is 17.7 Å². The number of nitrogens with one attached hydrogen (secondary N) is 2. The van der Waals surface area contributed by atoms with Crippen molar-refractivity contribution in [3.05, 3.63) is 59.9 Å². The van der Waals surface area contributed by atoms with E-state index < -0.39 is 15.8 Å². The number of likely N-dealkylation sites (N-methyl/N-ethyl adjacent to an activating group) is 2. The van der Waals surface area contributed by atoms with Crippen LogP contribution in [0.15, 0.2) is 53.4 Å². The summed E-state index contributed by atoms with van der Waals surface area (Å²) in [5.74, 6) is -0.516. The van der Waals surface area contributed by atoms with Gasteiger partial charge in [-0.2, -0.15) is 0 Å². The first-order valence-electron chi connectivity index (χ1n) is 8.08. The molecule has 9 heteroatoms. The van der Waals surface area contributed by atoms with Gasteiger partial charge in [-0.15, -0.1) is 12.4 Å². The fourth-order valence-corrected chi connectivity index (χ4v) is 3.29. The standard InChI is InChI=1S/C18H22FN3O3S.ClH/c1-20-11-12-22(2)18(23)13-14-3-7-16(8-4-14)21-26(24,25)17-9-5-15(19)6-10-17;/h3-10,20-21H,11-13H2,1-2H3;1H. The molecule has 0 fully saturated rings. The highest BCUT2D eigenvalue weighted by atomic mass is 35.5. The molecule has 0 bridgehead atoms. The van der Waals surface area contributed by atoms with Gasteiger partial charge in [0.05, 0.1) is 11.3 Å². The van der Waals surface area contributed by atoms with Crippen molar-refractivity contribution in [2.45, 2.75) is 11.3 Å². The number of nitrogens with zero attached hydrogens (tertiary/aromatic N) is 1. The second-order valence-electron chi connectivity index (χ2n) is 5.85. The van der Waals surface area contributed by atoms with Crippen LogP contribution in [0.3, 0.4) is 0 Å². The number of amides is 1. The van der Waals surface area contributed by atoms with Gasteiger partial charge in [-0.25, -0.2) is 12.8 Å². The summed E-state index contributed by atoms with van der Waals surface area (Å²) in [6.45, 7) is 1.33. The number of halogens is 2. The lowest BCUT2D eigenvalue weighted by molar-refractivity contribution is -0.129. The lowest BCUT2D eigenvalue weighted by atomic mass is 10.1. The van der Waals surface area contributed by atoms with Crippen LogP contribution in [0.2, 0.25) is 0 Å². The number of anilines is 1. The maximum absolute atomic E-state index is 12.9. The molecule has 6 nitrogen and oxygen atoms in total. The minimum Gasteiger partial charge on any atom is -0.344 e. The van der Waals surface area contributed by atoms with E-state index in [-0.39, 0.29) is 29.6 Å². The van der Waals surface area contributed by atoms with Gasteiger partial charge in [-0.05, 0) is 49.0 Å². The van der Waals surface area contributed by atoms with E-state index >= 15 is 0 Å². The van der Waals surface area contributed by atoms with Gasteiger partial charge >= 0.3 is 0 Å². The molecule has 0 saturated heterocycles. The summed E-state index contributed by atoms with van der Waals surface area (Å²) in [4.78, 5) is 13.7. The summed E-state index contributed by atoms with van der Waals surface area (Å²) in [6, 6.07) is 11.2. The van der Waals surface area contributed by atoms with E-state index in [1.54, 1.807) is 36.2 Å². The Balaban J connectivity index is 0.00000364. The molecule has 148 valence electrons. The van der Waals surface area contributed by atoms with Crippen LogP contribution < -0.4 is 10.0 Å². The summed E-state index contributed by atoms with van der Waals surface area (Å²) in [7, 11) is -0.224. The van der Waals surface area contributed by atoms with E-state index in [1.165, 1.54) is 12.1 Å². The lowest BCUT2D eigenvalue weighted by Crippen LogP contribution is -2.33. The largest absolute Gasteiger partial charge is 0.344 e. The van der Waals surface area contributed by atoms with Crippen molar-refractivity contribution in [1.82, 2.24) is 10.2 Å². The van der Waals surface area contributed by atoms with Gasteiger partial charge < -0.3 is 10.2 Å². The number of sulfonamides is 1. The normalized spacial score (nSPS) is 10.8. The molecule has 0 spiro atoms. The molecule has 0 aliphatic carbocycles. The highest BCUT2D eigenvalue weighted by molar-refractivity contribution is 7.92. The number of hydrogen-bond donors (Lipinski definition) is 2. The van der Waals surface area contributed by atoms with Gasteiger partial charge in [0.15, 0.2) is 0 Å². The number of benzene rings is 2. The number of hydrogen-bond acceptors (Lipinski definition) is 4. The zero-order chi connectivity index (χ0) is 19.2. The molecule has 0 aliphatic heterocycles. The highest BCUT2D eigenvalue weighted by Crippen LogP contribution is 2.17. The topological polar surface area (TPSA) is 78.5 Å². The van der Waals surface area contributed by atoms with Crippen molar-refractivity contribution in [1.29, 1.82) is 0 Å². The monoisotopic (exact) mass is 415 g/mol. The molecule has 0 saturated carbocycles. The molecule has 0 aromatic heterocycles. The predicted molar refractivity (Wildman–Crippen MR) is 106 cm³/mol. The molecular formula is C18H23ClFN3O3S. The lowest BCUT2D eigenvalue weighted by Gasteiger charge is -2.17. The van der Waals surface area contributed by atoms with Crippen molar-refractivity contribution in [3.63, 3.8) is 0 Å². The molecule has 2 N–H and O–H groups in total. The number of carbonyl (C=O) groups excluding carboxylic acids is 1. The summed E-state index contributed by atoms with van der Waals surface area (Å²) >= 11 is 0. The zero-order valence-electron chi connectivity index (χ0n) is 15.1. The summed E-state index contributed by atoms with van der Waals surface area (Å²) in [5.41, 5.74) is 1.16. The average Bonchev–Trinajstić information content (AvgIpc) is 2.61. The Bertz CT molecular complexity index is 843. The predicted octanol–water partition coefficient (Wildman–Crippen LogP) is 2.27. The van der Waals surface area contributed by atoms with E-state index in [1.807, 2.05) is 7.05 Å². The molecule has 0 aliphatic rings. The van der Waals surface area contributed by atoms with Gasteiger partial charge in [0.1, 0.15) is 5.82 Å². The number of rotatable bonds is 8. The number of carbonyl (C=O) groups is 1. The minimum atomic E-state index is -3.79. The molecule has 2 aromatic rings. The van der Waals surface area contributed by atoms with E-state index in [9.17, 15) is 17.6 Å². The third-order valence-electron chi connectivity index (χ3n) is 3.81. The van der Waals surface area contributed by atoms with Crippen LogP contribution >= 0.6 is 12.4 Å². The zero-order valence-corrected chi connectivity index (χ0v) is 16.7. The molecule has 2 aromatic carbocycles. The first kappa shape index (κ1) is 22.9. The fraction of sp³-hybridized carbons (Fsp3) is 0.278. The van der Waals surface area contributed by atoms with Gasteiger partial charge in [0.2, 0.25) is 5.91 Å². The smallest absolute Gasteiger partial charge is 0.261 e. The van der Waals surface area contributed by atoms with Crippen LogP contribution in [0.5, 0.6) is 0 Å². The first-order chi connectivity index (χ1) is 12.3. The Morgan fingerprint density at radius 1 is 1.07 bits per heavy atom. The van der Waals surface area contributed by atoms with Crippen LogP contribution in [0.4, 0.5) is 10.1 Å². The van der Waals surface area contributed by atoms with Crippen LogP contribution in [0.25, 0.3) is 0 Å². The third-order valence-corrected chi connectivity index (χ3v) is 5.21. The Labute approximate surface area is 165 Å². The summed E-state index contributed by atoms with van der Waals surface area (Å²) < 4.78 is 39.9. The molecule has 0 heterocycles. The summed E-state index contributed by atoms with van der Waals surface area (Å²) in [6.07, 6.45) is 0.241. The van der Waals surface area contributed by atoms with Crippen molar-refractivity contribution in [2.24, 2.45) is 0 Å². The van der Waals surface area contributed by atoms with E-state index in [2.05, 4.69) is 10.0 Å². The van der Waals surface area contributed by atoms with Crippen LogP contribution in [-0.2, 0) is 21.2 Å². The molecule has 0 atom stereocenters. The second kappa shape index (κ2) is 10.2. The van der Waals surface area contributed by atoms with Gasteiger partial charge in [-0.3, -0.25) is 9.52 Å². The van der Waals surface area contributed by atoms with Gasteiger partial charge in [0.25, 0.3) is 10.0 Å². The van der Waals surface area contributed by atoms with Crippen molar-refractivity contribution >= 4 is 34.0 Å². The average molecular weight is 416 g/mol. The molecular weight excluding hydrogens is 393 g/mol. The van der Waals surface area contributed by atoms with Gasteiger partial charge in [-0.1, -0.05) is 12.1 Å². The van der Waals surface area contributed by atoms with E-state index in [0.29, 0.717) is 18.8 Å². The van der Waals surface area contributed by atoms with Crippen LogP contribution in [0, 0.1) is 5.82 Å². The van der Waals surface area contributed by atoms with Crippen molar-refractivity contribution < 1.29 is 17.6 Å². The first-order valence-corrected chi connectivity index (χ1v) is 9.56. The molecule has 2 rings (SSSR count). The Hall–Kier alpha value is -2.16. The third kappa shape index (κ3) is 6.82. The molecule has 0 radical (unpaired) electrons. The Morgan fingerprint density at radius 2 is 1.67 bits per heavy atom. The van der Waals surface area contributed by atoms with Gasteiger partial charge in [0, 0.05) is 25.8 Å². The van der Waals surface area contributed by atoms with Crippen molar-refractivity contribution in [2.75, 3.05) is 31.9 Å². The summed E-state index contributed by atoms with van der Waals surface area (Å²) in [5, 5.41) is 2.98. The Kier molecular flexibility index (Phi) is 8.68. The molecule has 27 heavy (non-hydrogen) atoms. The quantitative estimate of drug-likeness (QED) is 0.693. The van der Waals surface area contributed by atoms with Crippen LogP contribution in [0.1, 0.15) is 5.56 Å². The maximum atomic E-state index is 12.9. The SMILES string of the molecule is CNCCN(C)C(=O)Cc1ccc(NS(=O)(=O)c2ccc(F)cc2)cc1.Cl. The van der Waals surface area contributed by atoms with E-state index in [4.69, 9.17) is 0 Å². The fourth-order valence-electron chi connectivity index (χ4n) is 2.23. The van der Waals surface area contributed by atoms with Crippen molar-refractivity contribution in [3.8, 4) is 0 Å². The molecule has 1 amide bonds. The highest BCUT2D eigenvalue weighted by Gasteiger charge is 2.14. The Morgan fingerprint density at radius 3 is 2.22 bits per heavy atom.